The first kappa shape index (κ1) is 12.6. The quantitative estimate of drug-likeness (QED) is 0.618. The predicted molar refractivity (Wildman–Crippen MR) is 77.8 cm³/mol. The second kappa shape index (κ2) is 3.97. The molecule has 2 aliphatic carbocycles. The molecule has 1 heterocycles. The normalized spacial score (nSPS) is 36.5. The molecule has 0 radical (unpaired) electrons. The molecule has 1 aromatic carbocycles. The number of hydrogen-bond donors (Lipinski definition) is 0. The van der Waals surface area contributed by atoms with Gasteiger partial charge in [0.15, 0.2) is 0 Å². The number of anilines is 1. The number of nitrogens with zero attached hydrogens (tertiary/aromatic N) is 1. The van der Waals surface area contributed by atoms with E-state index in [2.05, 4.69) is 12.2 Å². The number of ether oxygens (including phenoxy) is 1. The molecule has 1 aromatic rings. The lowest BCUT2D eigenvalue weighted by Crippen LogP contribution is -2.37. The third kappa shape index (κ3) is 1.35. The molecular weight excluding hydrogens is 266 g/mol. The average molecular weight is 283 g/mol. The molecule has 0 spiro atoms. The van der Waals surface area contributed by atoms with E-state index in [0.29, 0.717) is 11.4 Å². The van der Waals surface area contributed by atoms with E-state index in [0.717, 1.165) is 6.42 Å². The molecule has 2 bridgehead atoms. The number of allylic oxidation sites excluding steroid dienone is 2. The molecule has 3 aliphatic rings. The minimum atomic E-state index is -0.586. The van der Waals surface area contributed by atoms with Gasteiger partial charge < -0.3 is 4.74 Å². The first-order valence-electron chi connectivity index (χ1n) is 7.28. The Balaban J connectivity index is 1.83. The Kier molecular flexibility index (Phi) is 2.39. The zero-order valence-electron chi connectivity index (χ0n) is 12.1. The summed E-state index contributed by atoms with van der Waals surface area (Å²) >= 11 is 0. The molecule has 4 rings (SSSR count). The Labute approximate surface area is 123 Å². The van der Waals surface area contributed by atoms with Crippen molar-refractivity contribution in [2.24, 2.45) is 23.2 Å². The molecule has 4 atom stereocenters. The van der Waals surface area contributed by atoms with Gasteiger partial charge in [0.2, 0.25) is 11.8 Å². The van der Waals surface area contributed by atoms with Gasteiger partial charge in [0.25, 0.3) is 0 Å². The molecule has 1 saturated heterocycles. The minimum Gasteiger partial charge on any atom is -0.495 e. The van der Waals surface area contributed by atoms with Crippen molar-refractivity contribution in [1.82, 2.24) is 0 Å². The Morgan fingerprint density at radius 2 is 2.00 bits per heavy atom. The van der Waals surface area contributed by atoms with Crippen LogP contribution < -0.4 is 9.64 Å². The minimum absolute atomic E-state index is 0.0798. The standard InChI is InChI=1S/C17H17NO3/c1-17-11-8-7-10(9-11)14(17)15(19)18(16(17)20)12-5-3-4-6-13(12)21-2/h3-8,10-11,14H,9H2,1-2H3/t10-,11-,14+,17+/m0/s1. The topological polar surface area (TPSA) is 46.6 Å². The van der Waals surface area contributed by atoms with Crippen molar-refractivity contribution >= 4 is 17.5 Å². The number of imide groups is 1. The average Bonchev–Trinajstić information content (AvgIpc) is 3.12. The summed E-state index contributed by atoms with van der Waals surface area (Å²) in [4.78, 5) is 27.2. The molecular formula is C17H17NO3. The van der Waals surface area contributed by atoms with Crippen molar-refractivity contribution < 1.29 is 14.3 Å². The molecule has 1 aliphatic heterocycles. The summed E-state index contributed by atoms with van der Waals surface area (Å²) in [7, 11) is 1.55. The van der Waals surface area contributed by atoms with Gasteiger partial charge in [0.1, 0.15) is 5.75 Å². The monoisotopic (exact) mass is 283 g/mol. The number of carbonyl (C=O) groups excluding carboxylic acids is 2. The molecule has 0 aromatic heterocycles. The number of benzene rings is 1. The van der Waals surface area contributed by atoms with Crippen LogP contribution in [0.2, 0.25) is 0 Å². The van der Waals surface area contributed by atoms with Gasteiger partial charge in [-0.05, 0) is 37.3 Å². The van der Waals surface area contributed by atoms with Gasteiger partial charge in [0, 0.05) is 0 Å². The second-order valence-corrected chi connectivity index (χ2v) is 6.30. The third-order valence-corrected chi connectivity index (χ3v) is 5.44. The van der Waals surface area contributed by atoms with Gasteiger partial charge in [-0.15, -0.1) is 0 Å². The maximum absolute atomic E-state index is 13.0. The Hall–Kier alpha value is -2.10. The van der Waals surface area contributed by atoms with Crippen molar-refractivity contribution in [1.29, 1.82) is 0 Å². The van der Waals surface area contributed by atoms with Crippen molar-refractivity contribution in [3.8, 4) is 5.75 Å². The van der Waals surface area contributed by atoms with Crippen LogP contribution in [0, 0.1) is 23.2 Å². The number of methoxy groups -OCH3 is 1. The number of amides is 2. The molecule has 4 heteroatoms. The number of hydrogen-bond acceptors (Lipinski definition) is 3. The third-order valence-electron chi connectivity index (χ3n) is 5.44. The van der Waals surface area contributed by atoms with Crippen LogP contribution in [0.1, 0.15) is 13.3 Å². The Morgan fingerprint density at radius 3 is 2.71 bits per heavy atom. The highest BCUT2D eigenvalue weighted by atomic mass is 16.5. The predicted octanol–water partition coefficient (Wildman–Crippen LogP) is 2.40. The lowest BCUT2D eigenvalue weighted by atomic mass is 9.71. The maximum atomic E-state index is 13.0. The number of fused-ring (bicyclic) bond motifs is 5. The largest absolute Gasteiger partial charge is 0.495 e. The van der Waals surface area contributed by atoms with Gasteiger partial charge in [-0.1, -0.05) is 24.3 Å². The summed E-state index contributed by atoms with van der Waals surface area (Å²) in [6, 6.07) is 7.20. The SMILES string of the molecule is COc1ccccc1N1C(=O)[C@H]2[C@H]3C=C[C@@H](C3)[C@@]2(C)C1=O. The smallest absolute Gasteiger partial charge is 0.241 e. The highest BCUT2D eigenvalue weighted by molar-refractivity contribution is 6.25. The van der Waals surface area contributed by atoms with E-state index < -0.39 is 5.41 Å². The summed E-state index contributed by atoms with van der Waals surface area (Å²) < 4.78 is 5.32. The van der Waals surface area contributed by atoms with Gasteiger partial charge >= 0.3 is 0 Å². The zero-order chi connectivity index (χ0) is 14.8. The molecule has 2 fully saturated rings. The summed E-state index contributed by atoms with van der Waals surface area (Å²) in [6.45, 7) is 1.95. The van der Waals surface area contributed by atoms with Crippen LogP contribution >= 0.6 is 0 Å². The molecule has 1 saturated carbocycles. The molecule has 0 unspecified atom stereocenters. The van der Waals surface area contributed by atoms with E-state index in [4.69, 9.17) is 4.74 Å². The highest BCUT2D eigenvalue weighted by Crippen LogP contribution is 2.61. The maximum Gasteiger partial charge on any atom is 0.241 e. The summed E-state index contributed by atoms with van der Waals surface area (Å²) in [5.74, 6) is 0.565. The summed E-state index contributed by atoms with van der Waals surface area (Å²) in [5.41, 5.74) is -0.0258. The van der Waals surface area contributed by atoms with Crippen LogP contribution in [0.3, 0.4) is 0 Å². The summed E-state index contributed by atoms with van der Waals surface area (Å²) in [6.07, 6.45) is 5.14. The molecule has 2 amide bonds. The molecule has 108 valence electrons. The molecule has 4 nitrogen and oxygen atoms in total. The van der Waals surface area contributed by atoms with E-state index in [1.165, 1.54) is 4.90 Å². The van der Waals surface area contributed by atoms with E-state index in [1.54, 1.807) is 19.2 Å². The van der Waals surface area contributed by atoms with E-state index >= 15 is 0 Å². The fourth-order valence-corrected chi connectivity index (χ4v) is 4.35. The van der Waals surface area contributed by atoms with Crippen molar-refractivity contribution in [2.45, 2.75) is 13.3 Å². The number of para-hydroxylation sites is 2. The Bertz CT molecular complexity index is 680. The highest BCUT2D eigenvalue weighted by Gasteiger charge is 2.67. The van der Waals surface area contributed by atoms with E-state index in [9.17, 15) is 9.59 Å². The van der Waals surface area contributed by atoms with Crippen LogP contribution in [0.25, 0.3) is 0 Å². The first-order chi connectivity index (χ1) is 10.1. The van der Waals surface area contributed by atoms with Gasteiger partial charge in [-0.25, -0.2) is 4.90 Å². The zero-order valence-corrected chi connectivity index (χ0v) is 12.1. The summed E-state index contributed by atoms with van der Waals surface area (Å²) in [5, 5.41) is 0. The van der Waals surface area contributed by atoms with Gasteiger partial charge in [0.05, 0.1) is 24.1 Å². The van der Waals surface area contributed by atoms with Crippen molar-refractivity contribution in [3.05, 3.63) is 36.4 Å². The van der Waals surface area contributed by atoms with E-state index in [-0.39, 0.29) is 29.6 Å². The van der Waals surface area contributed by atoms with Crippen LogP contribution in [-0.4, -0.2) is 18.9 Å². The first-order valence-corrected chi connectivity index (χ1v) is 7.28. The van der Waals surface area contributed by atoms with Crippen LogP contribution in [0.5, 0.6) is 5.75 Å². The number of carbonyl (C=O) groups is 2. The van der Waals surface area contributed by atoms with Crippen LogP contribution in [0.15, 0.2) is 36.4 Å². The second-order valence-electron chi connectivity index (χ2n) is 6.30. The van der Waals surface area contributed by atoms with E-state index in [1.807, 2.05) is 19.1 Å². The van der Waals surface area contributed by atoms with Crippen molar-refractivity contribution in [3.63, 3.8) is 0 Å². The van der Waals surface area contributed by atoms with Gasteiger partial charge in [-0.3, -0.25) is 9.59 Å². The lowest BCUT2D eigenvalue weighted by molar-refractivity contribution is -0.127. The lowest BCUT2D eigenvalue weighted by Gasteiger charge is -2.28. The van der Waals surface area contributed by atoms with Gasteiger partial charge in [-0.2, -0.15) is 0 Å². The number of rotatable bonds is 2. The van der Waals surface area contributed by atoms with Crippen molar-refractivity contribution in [2.75, 3.05) is 12.0 Å². The Morgan fingerprint density at radius 1 is 1.24 bits per heavy atom. The fourth-order valence-electron chi connectivity index (χ4n) is 4.35. The fraction of sp³-hybridized carbons (Fsp3) is 0.412. The molecule has 0 N–H and O–H groups in total. The van der Waals surface area contributed by atoms with Crippen LogP contribution in [0.4, 0.5) is 5.69 Å². The molecule has 21 heavy (non-hydrogen) atoms. The van der Waals surface area contributed by atoms with Crippen LogP contribution in [-0.2, 0) is 9.59 Å².